The summed E-state index contributed by atoms with van der Waals surface area (Å²) in [7, 11) is 0. The van der Waals surface area contributed by atoms with Crippen molar-refractivity contribution in [2.45, 2.75) is 19.4 Å². The molecule has 1 aromatic rings. The SMILES string of the molecule is CCC(N)c1c(F)cncc1F. The summed E-state index contributed by atoms with van der Waals surface area (Å²) in [5.41, 5.74) is 5.41. The quantitative estimate of drug-likeness (QED) is 0.738. The highest BCUT2D eigenvalue weighted by molar-refractivity contribution is 5.18. The Morgan fingerprint density at radius 2 is 1.92 bits per heavy atom. The van der Waals surface area contributed by atoms with Crippen LogP contribution in [0, 0.1) is 11.6 Å². The predicted molar refractivity (Wildman–Crippen MR) is 41.4 cm³/mol. The van der Waals surface area contributed by atoms with Crippen molar-refractivity contribution in [1.82, 2.24) is 4.98 Å². The summed E-state index contributed by atoms with van der Waals surface area (Å²) in [6.45, 7) is 1.77. The smallest absolute Gasteiger partial charge is 0.149 e. The largest absolute Gasteiger partial charge is 0.324 e. The highest BCUT2D eigenvalue weighted by atomic mass is 19.1. The van der Waals surface area contributed by atoms with Crippen LogP contribution in [0.15, 0.2) is 12.4 Å². The Morgan fingerprint density at radius 3 is 2.33 bits per heavy atom. The van der Waals surface area contributed by atoms with Crippen LogP contribution in [0.5, 0.6) is 0 Å². The molecular formula is C8H10F2N2. The molecule has 2 N–H and O–H groups in total. The molecule has 1 unspecified atom stereocenters. The summed E-state index contributed by atoms with van der Waals surface area (Å²) in [5.74, 6) is -1.35. The molecule has 2 nitrogen and oxygen atoms in total. The minimum Gasteiger partial charge on any atom is -0.324 e. The summed E-state index contributed by atoms with van der Waals surface area (Å²) >= 11 is 0. The Kier molecular flexibility index (Phi) is 2.70. The van der Waals surface area contributed by atoms with E-state index in [0.29, 0.717) is 6.42 Å². The maximum absolute atomic E-state index is 12.9. The molecule has 12 heavy (non-hydrogen) atoms. The van der Waals surface area contributed by atoms with Crippen LogP contribution in [0.25, 0.3) is 0 Å². The maximum Gasteiger partial charge on any atom is 0.149 e. The molecular weight excluding hydrogens is 162 g/mol. The van der Waals surface area contributed by atoms with E-state index in [2.05, 4.69) is 4.98 Å². The lowest BCUT2D eigenvalue weighted by molar-refractivity contribution is 0.512. The van der Waals surface area contributed by atoms with E-state index in [9.17, 15) is 8.78 Å². The third kappa shape index (κ3) is 1.58. The molecule has 66 valence electrons. The standard InChI is InChI=1S/C8H10F2N2/c1-2-7(11)8-5(9)3-12-4-6(8)10/h3-4,7H,2,11H2,1H3. The maximum atomic E-state index is 12.9. The van der Waals surface area contributed by atoms with E-state index < -0.39 is 17.7 Å². The Morgan fingerprint density at radius 1 is 1.42 bits per heavy atom. The van der Waals surface area contributed by atoms with Gasteiger partial charge >= 0.3 is 0 Å². The molecule has 0 aliphatic heterocycles. The fourth-order valence-electron chi connectivity index (χ4n) is 0.980. The van der Waals surface area contributed by atoms with E-state index >= 15 is 0 Å². The van der Waals surface area contributed by atoms with Crippen LogP contribution < -0.4 is 5.73 Å². The first kappa shape index (κ1) is 9.06. The van der Waals surface area contributed by atoms with Crippen LogP contribution >= 0.6 is 0 Å². The van der Waals surface area contributed by atoms with Gasteiger partial charge in [0.25, 0.3) is 0 Å². The Hall–Kier alpha value is -1.03. The van der Waals surface area contributed by atoms with Gasteiger partial charge in [-0.25, -0.2) is 8.78 Å². The zero-order chi connectivity index (χ0) is 9.14. The van der Waals surface area contributed by atoms with E-state index in [4.69, 9.17) is 5.73 Å². The van der Waals surface area contributed by atoms with Gasteiger partial charge in [-0.1, -0.05) is 6.92 Å². The minimum absolute atomic E-state index is 0.0764. The average molecular weight is 172 g/mol. The van der Waals surface area contributed by atoms with Crippen LogP contribution in [-0.4, -0.2) is 4.98 Å². The van der Waals surface area contributed by atoms with E-state index in [1.165, 1.54) is 0 Å². The zero-order valence-electron chi connectivity index (χ0n) is 6.72. The number of halogens is 2. The molecule has 1 atom stereocenters. The molecule has 1 rings (SSSR count). The topological polar surface area (TPSA) is 38.9 Å². The van der Waals surface area contributed by atoms with Crippen molar-refractivity contribution < 1.29 is 8.78 Å². The monoisotopic (exact) mass is 172 g/mol. The van der Waals surface area contributed by atoms with Crippen LogP contribution in [0.1, 0.15) is 24.9 Å². The summed E-state index contributed by atoms with van der Waals surface area (Å²) in [4.78, 5) is 3.36. The lowest BCUT2D eigenvalue weighted by atomic mass is 10.1. The average Bonchev–Trinajstić information content (AvgIpc) is 2.03. The van der Waals surface area contributed by atoms with Gasteiger partial charge in [0.1, 0.15) is 11.6 Å². The van der Waals surface area contributed by atoms with Gasteiger partial charge in [0.15, 0.2) is 0 Å². The number of nitrogens with two attached hydrogens (primary N) is 1. The molecule has 0 aliphatic rings. The van der Waals surface area contributed by atoms with Crippen molar-refractivity contribution in [2.75, 3.05) is 0 Å². The normalized spacial score (nSPS) is 13.0. The first-order valence-corrected chi connectivity index (χ1v) is 3.71. The second-order valence-corrected chi connectivity index (χ2v) is 2.53. The molecule has 1 heterocycles. The second-order valence-electron chi connectivity index (χ2n) is 2.53. The van der Waals surface area contributed by atoms with Crippen molar-refractivity contribution in [2.24, 2.45) is 5.73 Å². The first-order valence-electron chi connectivity index (χ1n) is 3.71. The number of hydrogen-bond donors (Lipinski definition) is 1. The van der Waals surface area contributed by atoms with Gasteiger partial charge in [0.2, 0.25) is 0 Å². The number of pyridine rings is 1. The van der Waals surface area contributed by atoms with Crippen molar-refractivity contribution in [1.29, 1.82) is 0 Å². The fourth-order valence-corrected chi connectivity index (χ4v) is 0.980. The van der Waals surface area contributed by atoms with E-state index in [-0.39, 0.29) is 5.56 Å². The zero-order valence-corrected chi connectivity index (χ0v) is 6.72. The van der Waals surface area contributed by atoms with Crippen LogP contribution in [0.4, 0.5) is 8.78 Å². The number of rotatable bonds is 2. The molecule has 0 radical (unpaired) electrons. The Labute approximate surface area is 69.4 Å². The first-order chi connectivity index (χ1) is 5.66. The van der Waals surface area contributed by atoms with Crippen LogP contribution in [0.3, 0.4) is 0 Å². The second kappa shape index (κ2) is 3.58. The molecule has 4 heteroatoms. The van der Waals surface area contributed by atoms with Gasteiger partial charge in [-0.2, -0.15) is 0 Å². The number of hydrogen-bond acceptors (Lipinski definition) is 2. The third-order valence-corrected chi connectivity index (χ3v) is 1.70. The van der Waals surface area contributed by atoms with Crippen LogP contribution in [-0.2, 0) is 0 Å². The summed E-state index contributed by atoms with van der Waals surface area (Å²) < 4.78 is 25.8. The third-order valence-electron chi connectivity index (χ3n) is 1.70. The van der Waals surface area contributed by atoms with Crippen molar-refractivity contribution in [3.05, 3.63) is 29.6 Å². The van der Waals surface area contributed by atoms with Gasteiger partial charge in [-0.15, -0.1) is 0 Å². The lowest BCUT2D eigenvalue weighted by Crippen LogP contribution is -2.13. The molecule has 0 aromatic carbocycles. The number of nitrogens with zero attached hydrogens (tertiary/aromatic N) is 1. The highest BCUT2D eigenvalue weighted by Crippen LogP contribution is 2.19. The van der Waals surface area contributed by atoms with Crippen molar-refractivity contribution >= 4 is 0 Å². The van der Waals surface area contributed by atoms with Crippen LogP contribution in [0.2, 0.25) is 0 Å². The molecule has 0 saturated heterocycles. The van der Waals surface area contributed by atoms with E-state index in [1.54, 1.807) is 6.92 Å². The number of aromatic nitrogens is 1. The van der Waals surface area contributed by atoms with E-state index in [0.717, 1.165) is 12.4 Å². The molecule has 0 saturated carbocycles. The van der Waals surface area contributed by atoms with E-state index in [1.807, 2.05) is 0 Å². The Balaban J connectivity index is 3.12. The summed E-state index contributed by atoms with van der Waals surface area (Å²) in [6, 6.07) is -0.590. The summed E-state index contributed by atoms with van der Waals surface area (Å²) in [6.07, 6.45) is 2.43. The molecule has 0 spiro atoms. The Bertz CT molecular complexity index is 256. The fraction of sp³-hybridized carbons (Fsp3) is 0.375. The molecule has 0 aliphatic carbocycles. The van der Waals surface area contributed by atoms with Gasteiger partial charge in [-0.05, 0) is 6.42 Å². The van der Waals surface area contributed by atoms with Gasteiger partial charge in [0.05, 0.1) is 12.4 Å². The molecule has 0 bridgehead atoms. The molecule has 0 amide bonds. The highest BCUT2D eigenvalue weighted by Gasteiger charge is 2.14. The summed E-state index contributed by atoms with van der Waals surface area (Å²) in [5, 5.41) is 0. The predicted octanol–water partition coefficient (Wildman–Crippen LogP) is 1.77. The molecule has 0 fully saturated rings. The van der Waals surface area contributed by atoms with Crippen molar-refractivity contribution in [3.8, 4) is 0 Å². The van der Waals surface area contributed by atoms with Crippen molar-refractivity contribution in [3.63, 3.8) is 0 Å². The van der Waals surface area contributed by atoms with Gasteiger partial charge < -0.3 is 5.73 Å². The minimum atomic E-state index is -0.677. The lowest BCUT2D eigenvalue weighted by Gasteiger charge is -2.10. The van der Waals surface area contributed by atoms with Gasteiger partial charge in [-0.3, -0.25) is 4.98 Å². The van der Waals surface area contributed by atoms with Gasteiger partial charge in [0, 0.05) is 11.6 Å². The molecule has 1 aromatic heterocycles.